The molecule has 7 heteroatoms. The minimum atomic E-state index is -0.577. The van der Waals surface area contributed by atoms with E-state index in [0.29, 0.717) is 24.6 Å². The largest absolute Gasteiger partial charge is 0.497 e. The maximum Gasteiger partial charge on any atom is 0.344 e. The van der Waals surface area contributed by atoms with E-state index in [4.69, 9.17) is 14.2 Å². The highest BCUT2D eigenvalue weighted by molar-refractivity contribution is 5.81. The van der Waals surface area contributed by atoms with Crippen LogP contribution in [0.1, 0.15) is 0 Å². The minimum Gasteiger partial charge on any atom is -0.497 e. The van der Waals surface area contributed by atoms with Gasteiger partial charge >= 0.3 is 5.97 Å². The second-order valence-corrected chi connectivity index (χ2v) is 6.33. The summed E-state index contributed by atoms with van der Waals surface area (Å²) in [5.41, 5.74) is 1.15. The van der Waals surface area contributed by atoms with Gasteiger partial charge in [-0.25, -0.2) is 4.79 Å². The van der Waals surface area contributed by atoms with E-state index < -0.39 is 5.97 Å². The summed E-state index contributed by atoms with van der Waals surface area (Å²) in [4.78, 5) is 28.0. The number of hydrogen-bond acceptors (Lipinski definition) is 6. The fourth-order valence-corrected chi connectivity index (χ4v) is 2.94. The van der Waals surface area contributed by atoms with Crippen molar-refractivity contribution >= 4 is 17.6 Å². The number of ether oxygens (including phenoxy) is 3. The fraction of sp³-hybridized carbons (Fsp3) is 0.333. The van der Waals surface area contributed by atoms with E-state index in [1.807, 2.05) is 18.2 Å². The normalized spacial score (nSPS) is 13.8. The first kappa shape index (κ1) is 19.5. The minimum absolute atomic E-state index is 0.189. The summed E-state index contributed by atoms with van der Waals surface area (Å²) in [6.07, 6.45) is 0. The van der Waals surface area contributed by atoms with Gasteiger partial charge in [0.05, 0.1) is 7.11 Å². The van der Waals surface area contributed by atoms with Crippen LogP contribution >= 0.6 is 0 Å². The van der Waals surface area contributed by atoms with E-state index in [-0.39, 0.29) is 19.1 Å². The predicted octanol–water partition coefficient (Wildman–Crippen LogP) is 1.97. The van der Waals surface area contributed by atoms with Gasteiger partial charge in [-0.2, -0.15) is 0 Å². The van der Waals surface area contributed by atoms with Gasteiger partial charge in [-0.3, -0.25) is 4.79 Å². The molecule has 1 aliphatic rings. The topological polar surface area (TPSA) is 68.3 Å². The second-order valence-electron chi connectivity index (χ2n) is 6.33. The standard InChI is InChI=1S/C21H24N2O5/c1-26-18-7-9-19(10-8-18)27-16-21(25)28-15-20(24)23-13-11-22(12-14-23)17-5-3-2-4-6-17/h2-10H,11-16H2,1H3. The number of hydrogen-bond donors (Lipinski definition) is 0. The molecular weight excluding hydrogens is 360 g/mol. The summed E-state index contributed by atoms with van der Waals surface area (Å²) in [6, 6.07) is 17.0. The number of para-hydroxylation sites is 1. The van der Waals surface area contributed by atoms with E-state index in [1.54, 1.807) is 36.3 Å². The number of anilines is 1. The molecule has 2 aromatic carbocycles. The van der Waals surface area contributed by atoms with Crippen LogP contribution in [-0.4, -0.2) is 63.3 Å². The van der Waals surface area contributed by atoms with E-state index in [1.165, 1.54) is 0 Å². The van der Waals surface area contributed by atoms with Gasteiger partial charge in [-0.15, -0.1) is 0 Å². The van der Waals surface area contributed by atoms with E-state index >= 15 is 0 Å². The van der Waals surface area contributed by atoms with Crippen molar-refractivity contribution in [2.45, 2.75) is 0 Å². The lowest BCUT2D eigenvalue weighted by molar-refractivity contribution is -0.153. The lowest BCUT2D eigenvalue weighted by Crippen LogP contribution is -2.50. The number of rotatable bonds is 7. The third-order valence-corrected chi connectivity index (χ3v) is 4.53. The quantitative estimate of drug-likeness (QED) is 0.680. The maximum atomic E-state index is 12.3. The first-order chi connectivity index (χ1) is 13.7. The highest BCUT2D eigenvalue weighted by Crippen LogP contribution is 2.17. The first-order valence-corrected chi connectivity index (χ1v) is 9.16. The number of amides is 1. The molecular formula is C21H24N2O5. The van der Waals surface area contributed by atoms with E-state index in [9.17, 15) is 9.59 Å². The second kappa shape index (κ2) is 9.64. The van der Waals surface area contributed by atoms with Crippen LogP contribution in [0.4, 0.5) is 5.69 Å². The van der Waals surface area contributed by atoms with E-state index in [0.717, 1.165) is 18.8 Å². The molecule has 0 unspecified atom stereocenters. The van der Waals surface area contributed by atoms with Gasteiger partial charge in [0, 0.05) is 31.9 Å². The molecule has 0 N–H and O–H groups in total. The molecule has 3 rings (SSSR count). The lowest BCUT2D eigenvalue weighted by Gasteiger charge is -2.36. The summed E-state index contributed by atoms with van der Waals surface area (Å²) in [5.74, 6) is 0.464. The number of esters is 1. The SMILES string of the molecule is COc1ccc(OCC(=O)OCC(=O)N2CCN(c3ccccc3)CC2)cc1. The smallest absolute Gasteiger partial charge is 0.344 e. The number of carbonyl (C=O) groups excluding carboxylic acids is 2. The Kier molecular flexibility index (Phi) is 6.73. The summed E-state index contributed by atoms with van der Waals surface area (Å²) < 4.78 is 15.4. The van der Waals surface area contributed by atoms with Gasteiger partial charge in [-0.05, 0) is 36.4 Å². The monoisotopic (exact) mass is 384 g/mol. The summed E-state index contributed by atoms with van der Waals surface area (Å²) in [6.45, 7) is 2.20. The molecule has 0 bridgehead atoms. The summed E-state index contributed by atoms with van der Waals surface area (Å²) in [5, 5.41) is 0. The predicted molar refractivity (Wildman–Crippen MR) is 105 cm³/mol. The zero-order valence-electron chi connectivity index (χ0n) is 15.9. The van der Waals surface area contributed by atoms with Gasteiger partial charge in [0.2, 0.25) is 0 Å². The van der Waals surface area contributed by atoms with Crippen molar-refractivity contribution in [3.8, 4) is 11.5 Å². The third-order valence-electron chi connectivity index (χ3n) is 4.53. The van der Waals surface area contributed by atoms with Crippen LogP contribution in [-0.2, 0) is 14.3 Å². The van der Waals surface area contributed by atoms with Crippen LogP contribution in [0.15, 0.2) is 54.6 Å². The molecule has 28 heavy (non-hydrogen) atoms. The molecule has 0 radical (unpaired) electrons. The molecule has 1 amide bonds. The summed E-state index contributed by atoms with van der Waals surface area (Å²) in [7, 11) is 1.58. The van der Waals surface area contributed by atoms with Crippen molar-refractivity contribution in [3.63, 3.8) is 0 Å². The van der Waals surface area contributed by atoms with Crippen molar-refractivity contribution in [2.75, 3.05) is 51.4 Å². The van der Waals surface area contributed by atoms with Crippen LogP contribution in [0.3, 0.4) is 0 Å². The van der Waals surface area contributed by atoms with E-state index in [2.05, 4.69) is 17.0 Å². The van der Waals surface area contributed by atoms with Gasteiger partial charge in [0.25, 0.3) is 5.91 Å². The Morgan fingerprint density at radius 1 is 0.857 bits per heavy atom. The molecule has 7 nitrogen and oxygen atoms in total. The average molecular weight is 384 g/mol. The molecule has 1 fully saturated rings. The van der Waals surface area contributed by atoms with Crippen molar-refractivity contribution in [2.24, 2.45) is 0 Å². The molecule has 148 valence electrons. The Labute approximate surface area is 164 Å². The zero-order chi connectivity index (χ0) is 19.8. The number of methoxy groups -OCH3 is 1. The molecule has 1 aliphatic heterocycles. The molecule has 0 aliphatic carbocycles. The Morgan fingerprint density at radius 3 is 2.14 bits per heavy atom. The molecule has 2 aromatic rings. The third kappa shape index (κ3) is 5.39. The van der Waals surface area contributed by atoms with Gasteiger partial charge in [0.1, 0.15) is 11.5 Å². The van der Waals surface area contributed by atoms with Crippen LogP contribution in [0, 0.1) is 0 Å². The van der Waals surface area contributed by atoms with Crippen LogP contribution in [0.2, 0.25) is 0 Å². The molecule has 1 heterocycles. The number of benzene rings is 2. The van der Waals surface area contributed by atoms with Crippen molar-refractivity contribution in [1.29, 1.82) is 0 Å². The number of nitrogens with zero attached hydrogens (tertiary/aromatic N) is 2. The molecule has 0 saturated carbocycles. The number of carbonyl (C=O) groups is 2. The Morgan fingerprint density at radius 2 is 1.50 bits per heavy atom. The van der Waals surface area contributed by atoms with Crippen LogP contribution in [0.25, 0.3) is 0 Å². The molecule has 1 saturated heterocycles. The first-order valence-electron chi connectivity index (χ1n) is 9.16. The maximum absolute atomic E-state index is 12.3. The van der Waals surface area contributed by atoms with Crippen molar-refractivity contribution < 1.29 is 23.8 Å². The zero-order valence-corrected chi connectivity index (χ0v) is 15.9. The van der Waals surface area contributed by atoms with Crippen LogP contribution < -0.4 is 14.4 Å². The fourth-order valence-electron chi connectivity index (χ4n) is 2.94. The lowest BCUT2D eigenvalue weighted by atomic mass is 10.2. The van der Waals surface area contributed by atoms with Gasteiger partial charge in [-0.1, -0.05) is 18.2 Å². The highest BCUT2D eigenvalue weighted by atomic mass is 16.6. The van der Waals surface area contributed by atoms with Gasteiger partial charge < -0.3 is 24.0 Å². The molecule has 0 spiro atoms. The molecule has 0 aromatic heterocycles. The highest BCUT2D eigenvalue weighted by Gasteiger charge is 2.22. The Bertz CT molecular complexity index is 771. The molecule has 0 atom stereocenters. The van der Waals surface area contributed by atoms with Crippen LogP contribution in [0.5, 0.6) is 11.5 Å². The van der Waals surface area contributed by atoms with Crippen molar-refractivity contribution in [1.82, 2.24) is 4.90 Å². The van der Waals surface area contributed by atoms with Gasteiger partial charge in [0.15, 0.2) is 13.2 Å². The van der Waals surface area contributed by atoms with Crippen molar-refractivity contribution in [3.05, 3.63) is 54.6 Å². The Hall–Kier alpha value is -3.22. The average Bonchev–Trinajstić information content (AvgIpc) is 2.77. The Balaban J connectivity index is 1.36. The number of piperazine rings is 1. The summed E-state index contributed by atoms with van der Waals surface area (Å²) >= 11 is 0.